The highest BCUT2D eigenvalue weighted by Gasteiger charge is 2.70. The summed E-state index contributed by atoms with van der Waals surface area (Å²) in [5.74, 6) is -2.38. The molecule has 5 rings (SSSR count). The van der Waals surface area contributed by atoms with Gasteiger partial charge in [-0.1, -0.05) is 68.2 Å². The number of amides is 5. The van der Waals surface area contributed by atoms with Gasteiger partial charge >= 0.3 is 12.0 Å². The van der Waals surface area contributed by atoms with Gasteiger partial charge in [0.05, 0.1) is 6.04 Å². The molecule has 0 aromatic heterocycles. The van der Waals surface area contributed by atoms with E-state index in [0.717, 1.165) is 38.5 Å². The van der Waals surface area contributed by atoms with E-state index in [1.54, 1.807) is 0 Å². The van der Waals surface area contributed by atoms with Crippen LogP contribution in [0.25, 0.3) is 0 Å². The summed E-state index contributed by atoms with van der Waals surface area (Å²) in [5, 5.41) is 8.42. The average molecular weight is 658 g/mol. The van der Waals surface area contributed by atoms with Crippen LogP contribution in [0, 0.1) is 45.8 Å². The van der Waals surface area contributed by atoms with E-state index in [9.17, 15) is 28.8 Å². The van der Waals surface area contributed by atoms with E-state index in [4.69, 9.17) is 10.5 Å². The van der Waals surface area contributed by atoms with Crippen molar-refractivity contribution < 1.29 is 33.5 Å². The maximum absolute atomic E-state index is 14.3. The van der Waals surface area contributed by atoms with Gasteiger partial charge in [0.2, 0.25) is 17.6 Å². The standard InChI is InChI=1S/C35H55N5O7/c1-33(2,3)26(38-32(46)39-27(34(4,5)6)31(45)47-25(18-11-12-18)19-13-14-19)30(44)40-16-20-22(35(20,7)8)23(40)29(43)37-21(15-17-9-10-17)24(41)28(36)42/h17-23,25-27H,9-16H2,1-8H3,(H2,36,42)(H,37,43)(H2,38,39,46)/t20?,21?,22?,23-,26+,27+/m0/s1. The monoisotopic (exact) mass is 657 g/mol. The number of urea groups is 1. The molecule has 4 saturated carbocycles. The van der Waals surface area contributed by atoms with Crippen LogP contribution in [0.2, 0.25) is 0 Å². The molecule has 12 heteroatoms. The number of Topliss-reactive ketones (excluding diaryl/α,β-unsaturated/α-hetero) is 1. The van der Waals surface area contributed by atoms with Crippen LogP contribution in [0.15, 0.2) is 0 Å². The first kappa shape index (κ1) is 35.1. The van der Waals surface area contributed by atoms with E-state index < -0.39 is 70.5 Å². The van der Waals surface area contributed by atoms with Gasteiger partial charge in [-0.2, -0.15) is 0 Å². The molecule has 5 N–H and O–H groups in total. The minimum absolute atomic E-state index is 0.0660. The van der Waals surface area contributed by atoms with Gasteiger partial charge in [0.15, 0.2) is 0 Å². The van der Waals surface area contributed by atoms with Crippen LogP contribution in [0.5, 0.6) is 0 Å². The van der Waals surface area contributed by atoms with Crippen molar-refractivity contribution in [2.75, 3.05) is 6.54 Å². The molecule has 1 heterocycles. The summed E-state index contributed by atoms with van der Waals surface area (Å²) in [6, 6.07) is -4.56. The number of nitrogens with two attached hydrogens (primary N) is 1. The Kier molecular flexibility index (Phi) is 9.24. The summed E-state index contributed by atoms with van der Waals surface area (Å²) < 4.78 is 6.00. The van der Waals surface area contributed by atoms with Crippen molar-refractivity contribution in [3.8, 4) is 0 Å². The molecule has 5 amide bonds. The van der Waals surface area contributed by atoms with Crippen LogP contribution in [0.4, 0.5) is 4.79 Å². The third-order valence-electron chi connectivity index (χ3n) is 11.1. The predicted molar refractivity (Wildman–Crippen MR) is 173 cm³/mol. The number of hydrogen-bond donors (Lipinski definition) is 4. The highest BCUT2D eigenvalue weighted by Crippen LogP contribution is 2.65. The molecule has 1 saturated heterocycles. The molecule has 6 atom stereocenters. The largest absolute Gasteiger partial charge is 0.460 e. The lowest BCUT2D eigenvalue weighted by Crippen LogP contribution is -2.62. The lowest BCUT2D eigenvalue weighted by molar-refractivity contribution is -0.156. The Balaban J connectivity index is 1.30. The first-order valence-corrected chi connectivity index (χ1v) is 17.4. The van der Waals surface area contributed by atoms with Gasteiger partial charge in [-0.3, -0.25) is 19.2 Å². The molecule has 0 spiro atoms. The number of fused-ring (bicyclic) bond motifs is 1. The predicted octanol–water partition coefficient (Wildman–Crippen LogP) is 2.67. The van der Waals surface area contributed by atoms with Crippen LogP contribution in [-0.4, -0.2) is 77.2 Å². The van der Waals surface area contributed by atoms with Crippen molar-refractivity contribution in [2.24, 2.45) is 51.6 Å². The summed E-state index contributed by atoms with van der Waals surface area (Å²) in [5.41, 5.74) is 3.70. The molecule has 0 aromatic carbocycles. The fourth-order valence-corrected chi connectivity index (χ4v) is 7.54. The molecule has 3 unspecified atom stereocenters. The maximum Gasteiger partial charge on any atom is 0.329 e. The summed E-state index contributed by atoms with van der Waals surface area (Å²) >= 11 is 0. The number of likely N-dealkylation sites (tertiary alicyclic amines) is 1. The lowest BCUT2D eigenvalue weighted by atomic mass is 9.85. The Labute approximate surface area is 278 Å². The van der Waals surface area contributed by atoms with E-state index >= 15 is 0 Å². The third kappa shape index (κ3) is 7.77. The fourth-order valence-electron chi connectivity index (χ4n) is 7.54. The van der Waals surface area contributed by atoms with Crippen molar-refractivity contribution >= 4 is 35.5 Å². The second-order valence-corrected chi connectivity index (χ2v) is 17.7. The van der Waals surface area contributed by atoms with Gasteiger partial charge in [-0.25, -0.2) is 9.59 Å². The quantitative estimate of drug-likeness (QED) is 0.174. The number of piperidine rings is 1. The molecule has 0 radical (unpaired) electrons. The van der Waals surface area contributed by atoms with Crippen LogP contribution < -0.4 is 21.7 Å². The number of ketones is 1. The van der Waals surface area contributed by atoms with Crippen LogP contribution in [-0.2, 0) is 28.7 Å². The minimum atomic E-state index is -1.10. The second kappa shape index (κ2) is 12.4. The molecular formula is C35H55N5O7. The number of esters is 1. The van der Waals surface area contributed by atoms with Gasteiger partial charge in [0.1, 0.15) is 24.2 Å². The number of primary amides is 1. The summed E-state index contributed by atoms with van der Waals surface area (Å²) in [6.45, 7) is 15.5. The maximum atomic E-state index is 14.3. The Morgan fingerprint density at radius 2 is 1.36 bits per heavy atom. The van der Waals surface area contributed by atoms with Gasteiger partial charge in [0.25, 0.3) is 5.91 Å². The highest BCUT2D eigenvalue weighted by molar-refractivity contribution is 6.37. The number of hydrogen-bond acceptors (Lipinski definition) is 7. The number of nitrogens with one attached hydrogen (secondary N) is 3. The number of rotatable bonds is 13. The highest BCUT2D eigenvalue weighted by atomic mass is 16.5. The Bertz CT molecular complexity index is 1290. The molecule has 5 fully saturated rings. The normalized spacial score (nSPS) is 26.8. The summed E-state index contributed by atoms with van der Waals surface area (Å²) in [6.07, 6.45) is 6.25. The first-order chi connectivity index (χ1) is 21.7. The van der Waals surface area contributed by atoms with E-state index in [1.807, 2.05) is 41.5 Å². The van der Waals surface area contributed by atoms with Crippen molar-refractivity contribution in [1.29, 1.82) is 0 Å². The minimum Gasteiger partial charge on any atom is -0.460 e. The smallest absolute Gasteiger partial charge is 0.329 e. The van der Waals surface area contributed by atoms with Crippen LogP contribution in [0.3, 0.4) is 0 Å². The average Bonchev–Trinajstić information content (AvgIpc) is 3.75. The fraction of sp³-hybridized carbons (Fsp3) is 0.829. The molecule has 5 aliphatic rings. The number of ether oxygens (including phenoxy) is 1. The molecule has 1 aliphatic heterocycles. The van der Waals surface area contributed by atoms with E-state index in [1.165, 1.54) is 4.90 Å². The SMILES string of the molecule is CC1(C)C2CN(C(=O)[C@@H](NC(=O)N[C@H](C(=O)OC(C3CC3)C3CC3)C(C)(C)C)C(C)(C)C)[C@H](C(=O)NC(CC3CC3)C(=O)C(N)=O)C21. The van der Waals surface area contributed by atoms with Crippen LogP contribution >= 0.6 is 0 Å². The Hall–Kier alpha value is -3.18. The van der Waals surface area contributed by atoms with Crippen LogP contribution in [0.1, 0.15) is 100 Å². The Morgan fingerprint density at radius 3 is 1.83 bits per heavy atom. The van der Waals surface area contributed by atoms with Crippen molar-refractivity contribution in [2.45, 2.75) is 131 Å². The number of carbonyl (C=O) groups excluding carboxylic acids is 6. The topological polar surface area (TPSA) is 177 Å². The van der Waals surface area contributed by atoms with Crippen molar-refractivity contribution in [3.05, 3.63) is 0 Å². The van der Waals surface area contributed by atoms with E-state index in [0.29, 0.717) is 24.8 Å². The van der Waals surface area contributed by atoms with Gasteiger partial charge in [0, 0.05) is 6.54 Å². The molecule has 47 heavy (non-hydrogen) atoms. The van der Waals surface area contributed by atoms with Gasteiger partial charge in [-0.15, -0.1) is 0 Å². The number of carbonyl (C=O) groups is 6. The second-order valence-electron chi connectivity index (χ2n) is 17.7. The number of nitrogens with zero attached hydrogens (tertiary/aromatic N) is 1. The van der Waals surface area contributed by atoms with E-state index in [2.05, 4.69) is 29.8 Å². The first-order valence-electron chi connectivity index (χ1n) is 17.4. The molecular weight excluding hydrogens is 602 g/mol. The third-order valence-corrected chi connectivity index (χ3v) is 11.1. The van der Waals surface area contributed by atoms with Crippen molar-refractivity contribution in [3.63, 3.8) is 0 Å². The molecule has 262 valence electrons. The Morgan fingerprint density at radius 1 is 0.830 bits per heavy atom. The zero-order valence-electron chi connectivity index (χ0n) is 29.3. The van der Waals surface area contributed by atoms with Gasteiger partial charge < -0.3 is 31.3 Å². The van der Waals surface area contributed by atoms with Crippen molar-refractivity contribution in [1.82, 2.24) is 20.9 Å². The van der Waals surface area contributed by atoms with E-state index in [-0.39, 0.29) is 29.3 Å². The summed E-state index contributed by atoms with van der Waals surface area (Å²) in [7, 11) is 0. The zero-order chi connectivity index (χ0) is 34.8. The van der Waals surface area contributed by atoms with Gasteiger partial charge in [-0.05, 0) is 77.9 Å². The molecule has 0 aromatic rings. The molecule has 0 bridgehead atoms. The molecule has 12 nitrogen and oxygen atoms in total. The lowest BCUT2D eigenvalue weighted by Gasteiger charge is -2.38. The zero-order valence-corrected chi connectivity index (χ0v) is 29.3. The summed E-state index contributed by atoms with van der Waals surface area (Å²) in [4.78, 5) is 81.2. The molecule has 4 aliphatic carbocycles.